The fraction of sp³-hybridized carbons (Fsp3) is 0.688. The highest BCUT2D eigenvalue weighted by Crippen LogP contribution is 2.22. The van der Waals surface area contributed by atoms with Crippen LogP contribution in [-0.4, -0.2) is 55.4 Å². The van der Waals surface area contributed by atoms with E-state index < -0.39 is 10.0 Å². The van der Waals surface area contributed by atoms with Crippen LogP contribution >= 0.6 is 0 Å². The molecule has 3 heterocycles. The third kappa shape index (κ3) is 4.43. The second-order valence-electron chi connectivity index (χ2n) is 6.26. The van der Waals surface area contributed by atoms with E-state index in [4.69, 9.17) is 9.47 Å². The van der Waals surface area contributed by atoms with Crippen molar-refractivity contribution in [3.63, 3.8) is 0 Å². The van der Waals surface area contributed by atoms with E-state index in [1.807, 2.05) is 19.1 Å². The minimum absolute atomic E-state index is 0.1000. The minimum Gasteiger partial charge on any atom is -0.487 e. The summed E-state index contributed by atoms with van der Waals surface area (Å²) in [6.45, 7) is 3.62. The molecule has 0 N–H and O–H groups in total. The van der Waals surface area contributed by atoms with Gasteiger partial charge in [-0.15, -0.1) is 0 Å². The van der Waals surface area contributed by atoms with Crippen LogP contribution in [0.25, 0.3) is 0 Å². The summed E-state index contributed by atoms with van der Waals surface area (Å²) >= 11 is 0. The molecule has 1 aromatic heterocycles. The summed E-state index contributed by atoms with van der Waals surface area (Å²) in [5.41, 5.74) is 0.933. The first-order chi connectivity index (χ1) is 11.0. The highest BCUT2D eigenvalue weighted by Gasteiger charge is 2.33. The molecule has 0 unspecified atom stereocenters. The first-order valence-electron chi connectivity index (χ1n) is 8.22. The van der Waals surface area contributed by atoms with Gasteiger partial charge in [-0.25, -0.2) is 8.42 Å². The lowest BCUT2D eigenvalue weighted by molar-refractivity contribution is 0.108. The molecule has 23 heavy (non-hydrogen) atoms. The van der Waals surface area contributed by atoms with Crippen LogP contribution in [0.1, 0.15) is 31.4 Å². The maximum atomic E-state index is 12.4. The van der Waals surface area contributed by atoms with Crippen LogP contribution in [0.4, 0.5) is 0 Å². The van der Waals surface area contributed by atoms with Gasteiger partial charge in [0, 0.05) is 18.8 Å². The Hall–Kier alpha value is -1.18. The molecule has 7 heteroatoms. The summed E-state index contributed by atoms with van der Waals surface area (Å²) in [4.78, 5) is 4.19. The average molecular weight is 340 g/mol. The molecule has 0 aromatic carbocycles. The zero-order valence-corrected chi connectivity index (χ0v) is 14.3. The number of sulfonamides is 1. The van der Waals surface area contributed by atoms with Gasteiger partial charge in [0.2, 0.25) is 10.0 Å². The summed E-state index contributed by atoms with van der Waals surface area (Å²) < 4.78 is 37.8. The standard InChI is InChI=1S/C16H24N2O4S/c1-13-4-5-15(11-17-13)22-16-6-8-18(12-16)23(19,20)10-7-14-3-2-9-21-14/h4-5,11,14,16H,2-3,6-10,12H2,1H3/t14-,16-/m0/s1. The van der Waals surface area contributed by atoms with Gasteiger partial charge >= 0.3 is 0 Å². The van der Waals surface area contributed by atoms with E-state index in [0.717, 1.165) is 25.1 Å². The number of aromatic nitrogens is 1. The van der Waals surface area contributed by atoms with Gasteiger partial charge in [0.1, 0.15) is 11.9 Å². The lowest BCUT2D eigenvalue weighted by Gasteiger charge is -2.18. The van der Waals surface area contributed by atoms with E-state index in [1.165, 1.54) is 0 Å². The molecule has 0 spiro atoms. The van der Waals surface area contributed by atoms with Gasteiger partial charge in [0.05, 0.1) is 24.6 Å². The molecule has 2 aliphatic rings. The van der Waals surface area contributed by atoms with Crippen molar-refractivity contribution in [1.82, 2.24) is 9.29 Å². The number of aryl methyl sites for hydroxylation is 1. The predicted molar refractivity (Wildman–Crippen MR) is 87.0 cm³/mol. The van der Waals surface area contributed by atoms with E-state index in [0.29, 0.717) is 31.7 Å². The number of ether oxygens (including phenoxy) is 2. The second-order valence-corrected chi connectivity index (χ2v) is 8.35. The second kappa shape index (κ2) is 7.15. The molecule has 0 saturated carbocycles. The van der Waals surface area contributed by atoms with E-state index in [9.17, 15) is 8.42 Å². The van der Waals surface area contributed by atoms with Crippen LogP contribution in [-0.2, 0) is 14.8 Å². The minimum atomic E-state index is -3.22. The number of hydrogen-bond acceptors (Lipinski definition) is 5. The molecule has 128 valence electrons. The van der Waals surface area contributed by atoms with Crippen molar-refractivity contribution in [1.29, 1.82) is 0 Å². The molecule has 0 aliphatic carbocycles. The Morgan fingerprint density at radius 3 is 2.96 bits per heavy atom. The molecule has 6 nitrogen and oxygen atoms in total. The Bertz CT molecular complexity index is 611. The summed E-state index contributed by atoms with van der Waals surface area (Å²) in [5, 5.41) is 0. The van der Waals surface area contributed by atoms with Gasteiger partial charge in [-0.2, -0.15) is 4.31 Å². The Kier molecular flexibility index (Phi) is 5.18. The van der Waals surface area contributed by atoms with Crippen molar-refractivity contribution in [2.45, 2.75) is 44.8 Å². The van der Waals surface area contributed by atoms with Crippen LogP contribution in [0.15, 0.2) is 18.3 Å². The van der Waals surface area contributed by atoms with Gasteiger partial charge in [0.15, 0.2) is 0 Å². The molecule has 3 rings (SSSR count). The highest BCUT2D eigenvalue weighted by atomic mass is 32.2. The van der Waals surface area contributed by atoms with Gasteiger partial charge in [-0.05, 0) is 44.7 Å². The maximum absolute atomic E-state index is 12.4. The van der Waals surface area contributed by atoms with Crippen molar-refractivity contribution in [2.75, 3.05) is 25.4 Å². The fourth-order valence-corrected chi connectivity index (χ4v) is 4.64. The normalized spacial score (nSPS) is 25.8. The van der Waals surface area contributed by atoms with Crippen LogP contribution in [0, 0.1) is 6.92 Å². The van der Waals surface area contributed by atoms with Crippen LogP contribution in [0.3, 0.4) is 0 Å². The van der Waals surface area contributed by atoms with Crippen LogP contribution in [0.5, 0.6) is 5.75 Å². The van der Waals surface area contributed by atoms with Gasteiger partial charge < -0.3 is 9.47 Å². The predicted octanol–water partition coefficient (Wildman–Crippen LogP) is 1.74. The van der Waals surface area contributed by atoms with Gasteiger partial charge in [0.25, 0.3) is 0 Å². The zero-order chi connectivity index (χ0) is 16.3. The first kappa shape index (κ1) is 16.7. The molecule has 2 atom stereocenters. The monoisotopic (exact) mass is 340 g/mol. The van der Waals surface area contributed by atoms with Crippen LogP contribution in [0.2, 0.25) is 0 Å². The smallest absolute Gasteiger partial charge is 0.214 e. The summed E-state index contributed by atoms with van der Waals surface area (Å²) in [7, 11) is -3.22. The Morgan fingerprint density at radius 2 is 2.26 bits per heavy atom. The first-order valence-corrected chi connectivity index (χ1v) is 9.82. The van der Waals surface area contributed by atoms with Gasteiger partial charge in [-0.1, -0.05) is 0 Å². The zero-order valence-electron chi connectivity index (χ0n) is 13.5. The number of hydrogen-bond donors (Lipinski definition) is 0. The number of nitrogens with zero attached hydrogens (tertiary/aromatic N) is 2. The quantitative estimate of drug-likeness (QED) is 0.789. The molecule has 0 radical (unpaired) electrons. The number of rotatable bonds is 6. The topological polar surface area (TPSA) is 68.7 Å². The van der Waals surface area contributed by atoms with Crippen molar-refractivity contribution in [2.24, 2.45) is 0 Å². The van der Waals surface area contributed by atoms with Crippen molar-refractivity contribution >= 4 is 10.0 Å². The average Bonchev–Trinajstić information content (AvgIpc) is 3.19. The molecular formula is C16H24N2O4S. The fourth-order valence-electron chi connectivity index (χ4n) is 3.04. The summed E-state index contributed by atoms with van der Waals surface area (Å²) in [6, 6.07) is 3.76. The molecule has 2 fully saturated rings. The molecule has 2 saturated heterocycles. The SMILES string of the molecule is Cc1ccc(O[C@H]2CCN(S(=O)(=O)CC[C@@H]3CCCO3)C2)cn1. The lowest BCUT2D eigenvalue weighted by atomic mass is 10.2. The number of pyridine rings is 1. The molecule has 0 amide bonds. The Balaban J connectivity index is 1.50. The largest absolute Gasteiger partial charge is 0.487 e. The Morgan fingerprint density at radius 1 is 1.39 bits per heavy atom. The highest BCUT2D eigenvalue weighted by molar-refractivity contribution is 7.89. The van der Waals surface area contributed by atoms with Crippen molar-refractivity contribution in [3.8, 4) is 5.75 Å². The third-order valence-corrected chi connectivity index (χ3v) is 6.28. The van der Waals surface area contributed by atoms with E-state index in [-0.39, 0.29) is 18.0 Å². The van der Waals surface area contributed by atoms with E-state index >= 15 is 0 Å². The van der Waals surface area contributed by atoms with Crippen LogP contribution < -0.4 is 4.74 Å². The molecule has 2 aliphatic heterocycles. The molecule has 1 aromatic rings. The molecule has 0 bridgehead atoms. The molecular weight excluding hydrogens is 316 g/mol. The third-order valence-electron chi connectivity index (χ3n) is 4.41. The van der Waals surface area contributed by atoms with E-state index in [1.54, 1.807) is 10.5 Å². The Labute approximate surface area is 137 Å². The van der Waals surface area contributed by atoms with E-state index in [2.05, 4.69) is 4.98 Å². The lowest BCUT2D eigenvalue weighted by Crippen LogP contribution is -2.33. The summed E-state index contributed by atoms with van der Waals surface area (Å²) in [5.74, 6) is 0.857. The maximum Gasteiger partial charge on any atom is 0.214 e. The van der Waals surface area contributed by atoms with Crippen molar-refractivity contribution < 1.29 is 17.9 Å². The van der Waals surface area contributed by atoms with Gasteiger partial charge in [-0.3, -0.25) is 4.98 Å². The summed E-state index contributed by atoms with van der Waals surface area (Å²) in [6.07, 6.45) is 5.01. The van der Waals surface area contributed by atoms with Crippen molar-refractivity contribution in [3.05, 3.63) is 24.0 Å².